The summed E-state index contributed by atoms with van der Waals surface area (Å²) in [5, 5.41) is 16.7. The van der Waals surface area contributed by atoms with Gasteiger partial charge in [0.2, 0.25) is 0 Å². The first-order valence-corrected chi connectivity index (χ1v) is 8.23. The predicted molar refractivity (Wildman–Crippen MR) is 92.2 cm³/mol. The van der Waals surface area contributed by atoms with Crippen molar-refractivity contribution in [3.63, 3.8) is 0 Å². The van der Waals surface area contributed by atoms with Crippen molar-refractivity contribution < 1.29 is 5.11 Å². The molecule has 0 spiro atoms. The molecule has 0 bridgehead atoms. The van der Waals surface area contributed by atoms with Gasteiger partial charge in [-0.1, -0.05) is 44.9 Å². The number of unbranched alkanes of at least 4 members (excludes halogenated alkanes) is 3. The summed E-state index contributed by atoms with van der Waals surface area (Å²) >= 11 is 0. The Morgan fingerprint density at radius 1 is 1.27 bits per heavy atom. The van der Waals surface area contributed by atoms with Gasteiger partial charge in [-0.25, -0.2) is 5.53 Å². The summed E-state index contributed by atoms with van der Waals surface area (Å²) in [6.45, 7) is 8.33. The number of hydrogen-bond acceptors (Lipinski definition) is 4. The number of aromatic hydroxyl groups is 1. The van der Waals surface area contributed by atoms with E-state index in [4.69, 9.17) is 5.53 Å². The predicted octanol–water partition coefficient (Wildman–Crippen LogP) is 4.89. The molecule has 22 heavy (non-hydrogen) atoms. The summed E-state index contributed by atoms with van der Waals surface area (Å²) < 4.78 is 0. The van der Waals surface area contributed by atoms with E-state index in [1.807, 2.05) is 18.2 Å². The summed E-state index contributed by atoms with van der Waals surface area (Å²) in [5.74, 6) is 0.324. The van der Waals surface area contributed by atoms with E-state index >= 15 is 0 Å². The maximum atomic E-state index is 10.1. The number of nitrogens with one attached hydrogen (secondary N) is 2. The monoisotopic (exact) mass is 303 g/mol. The van der Waals surface area contributed by atoms with Gasteiger partial charge in [-0.3, -0.25) is 0 Å². The van der Waals surface area contributed by atoms with Gasteiger partial charge < -0.3 is 10.4 Å². The van der Waals surface area contributed by atoms with Gasteiger partial charge in [-0.05, 0) is 43.0 Å². The van der Waals surface area contributed by atoms with Gasteiger partial charge in [0.1, 0.15) is 5.75 Å². The molecule has 4 heteroatoms. The molecule has 0 aliphatic rings. The van der Waals surface area contributed by atoms with Crippen LogP contribution >= 0.6 is 0 Å². The third-order valence-electron chi connectivity index (χ3n) is 3.76. The molecule has 0 saturated heterocycles. The summed E-state index contributed by atoms with van der Waals surface area (Å²) in [5.41, 5.74) is 9.75. The van der Waals surface area contributed by atoms with Crippen LogP contribution in [0.2, 0.25) is 0 Å². The minimum Gasteiger partial charge on any atom is -0.508 e. The van der Waals surface area contributed by atoms with E-state index in [1.165, 1.54) is 19.3 Å². The molecule has 0 aliphatic heterocycles. The molecule has 122 valence electrons. The van der Waals surface area contributed by atoms with Crippen LogP contribution < -0.4 is 5.32 Å². The Balaban J connectivity index is 2.43. The highest BCUT2D eigenvalue weighted by Gasteiger charge is 2.05. The lowest BCUT2D eigenvalue weighted by atomic mass is 9.99. The molecule has 1 aromatic carbocycles. The number of allylic oxidation sites excluding steroid dienone is 1. The quantitative estimate of drug-likeness (QED) is 0.380. The third kappa shape index (κ3) is 6.85. The fraction of sp³-hybridized carbons (Fsp3) is 0.556. The number of phenolic OH excluding ortho intramolecular Hbond substituents is 1. The molecule has 1 rings (SSSR count). The topological polar surface area (TPSA) is 68.5 Å². The van der Waals surface area contributed by atoms with Gasteiger partial charge >= 0.3 is 0 Å². The van der Waals surface area contributed by atoms with E-state index in [0.717, 1.165) is 42.5 Å². The van der Waals surface area contributed by atoms with Gasteiger partial charge in [-0.15, -0.1) is 0 Å². The highest BCUT2D eigenvalue weighted by atomic mass is 16.3. The van der Waals surface area contributed by atoms with Gasteiger partial charge in [-0.2, -0.15) is 5.11 Å². The minimum atomic E-state index is 0.324. The molecule has 3 N–H and O–H groups in total. The molecule has 0 radical (unpaired) electrons. The molecule has 0 fully saturated rings. The highest BCUT2D eigenvalue weighted by Crippen LogP contribution is 2.25. The van der Waals surface area contributed by atoms with Crippen LogP contribution in [0.4, 0.5) is 0 Å². The number of phenols is 1. The number of nitrogens with zero attached hydrogens (tertiary/aromatic N) is 1. The second-order valence-corrected chi connectivity index (χ2v) is 5.67. The molecule has 4 nitrogen and oxygen atoms in total. The van der Waals surface area contributed by atoms with E-state index < -0.39 is 0 Å². The van der Waals surface area contributed by atoms with Crippen molar-refractivity contribution in [1.82, 2.24) is 5.32 Å². The van der Waals surface area contributed by atoms with Crippen molar-refractivity contribution in [2.75, 3.05) is 13.1 Å². The summed E-state index contributed by atoms with van der Waals surface area (Å²) in [7, 11) is 0. The first-order valence-electron chi connectivity index (χ1n) is 8.23. The van der Waals surface area contributed by atoms with Crippen molar-refractivity contribution >= 4 is 5.57 Å². The lowest BCUT2D eigenvalue weighted by molar-refractivity contribution is 0.464. The minimum absolute atomic E-state index is 0.324. The molecule has 0 amide bonds. The largest absolute Gasteiger partial charge is 0.508 e. The zero-order valence-electron chi connectivity index (χ0n) is 13.7. The molecule has 0 aliphatic carbocycles. The summed E-state index contributed by atoms with van der Waals surface area (Å²) in [4.78, 5) is 0. The fourth-order valence-electron chi connectivity index (χ4n) is 2.35. The number of hydrogen-bond donors (Lipinski definition) is 3. The SMILES string of the molecule is C=C(CCCCCC)c1ccc(CNCCCN=N)c(O)c1. The Bertz CT molecular complexity index is 471. The molecule has 0 saturated carbocycles. The Hall–Kier alpha value is -1.68. The van der Waals surface area contributed by atoms with Gasteiger partial charge in [0.15, 0.2) is 0 Å². The zero-order chi connectivity index (χ0) is 16.2. The van der Waals surface area contributed by atoms with Crippen LogP contribution in [0, 0.1) is 5.53 Å². The van der Waals surface area contributed by atoms with Crippen molar-refractivity contribution in [1.29, 1.82) is 5.53 Å². The van der Waals surface area contributed by atoms with Crippen LogP contribution in [0.1, 0.15) is 56.6 Å². The van der Waals surface area contributed by atoms with Crippen molar-refractivity contribution in [3.8, 4) is 5.75 Å². The van der Waals surface area contributed by atoms with E-state index in [9.17, 15) is 5.11 Å². The van der Waals surface area contributed by atoms with Crippen LogP contribution in [-0.4, -0.2) is 18.2 Å². The van der Waals surface area contributed by atoms with Crippen LogP contribution in [0.25, 0.3) is 5.57 Å². The van der Waals surface area contributed by atoms with Crippen molar-refractivity contribution in [2.45, 2.75) is 52.0 Å². The van der Waals surface area contributed by atoms with E-state index in [1.54, 1.807) is 0 Å². The van der Waals surface area contributed by atoms with Crippen LogP contribution in [0.5, 0.6) is 5.75 Å². The zero-order valence-corrected chi connectivity index (χ0v) is 13.7. The normalized spacial score (nSPS) is 10.6. The van der Waals surface area contributed by atoms with Crippen molar-refractivity contribution in [3.05, 3.63) is 35.9 Å². The molecule has 0 aromatic heterocycles. The van der Waals surface area contributed by atoms with Crippen molar-refractivity contribution in [2.24, 2.45) is 5.11 Å². The smallest absolute Gasteiger partial charge is 0.120 e. The first kappa shape index (κ1) is 18.4. The second-order valence-electron chi connectivity index (χ2n) is 5.67. The highest BCUT2D eigenvalue weighted by molar-refractivity contribution is 5.65. The summed E-state index contributed by atoms with van der Waals surface area (Å²) in [6, 6.07) is 5.82. The Kier molecular flexibility index (Phi) is 9.15. The lowest BCUT2D eigenvalue weighted by Crippen LogP contribution is -2.15. The average Bonchev–Trinajstić information content (AvgIpc) is 2.52. The Morgan fingerprint density at radius 3 is 2.77 bits per heavy atom. The Labute approximate surface area is 134 Å². The van der Waals surface area contributed by atoms with E-state index in [2.05, 4.69) is 23.9 Å². The summed E-state index contributed by atoms with van der Waals surface area (Å²) in [6.07, 6.45) is 6.76. The standard InChI is InChI=1S/C18H29N3O/c1-3-4-5-6-8-15(2)16-9-10-17(18(22)13-16)14-20-11-7-12-21-19/h9-10,13,19-20,22H,2-8,11-12,14H2,1H3. The molecular weight excluding hydrogens is 274 g/mol. The van der Waals surface area contributed by atoms with Gasteiger partial charge in [0.05, 0.1) is 6.54 Å². The van der Waals surface area contributed by atoms with Crippen LogP contribution in [-0.2, 0) is 6.54 Å². The fourth-order valence-corrected chi connectivity index (χ4v) is 2.35. The van der Waals surface area contributed by atoms with Gasteiger partial charge in [0, 0.05) is 12.1 Å². The van der Waals surface area contributed by atoms with Gasteiger partial charge in [0.25, 0.3) is 0 Å². The average molecular weight is 303 g/mol. The molecule has 0 heterocycles. The Morgan fingerprint density at radius 2 is 2.09 bits per heavy atom. The number of rotatable bonds is 12. The van der Waals surface area contributed by atoms with E-state index in [0.29, 0.717) is 18.8 Å². The molecule has 0 unspecified atom stereocenters. The molecular formula is C18H29N3O. The maximum Gasteiger partial charge on any atom is 0.120 e. The van der Waals surface area contributed by atoms with Crippen LogP contribution in [0.3, 0.4) is 0 Å². The second kappa shape index (κ2) is 11.0. The van der Waals surface area contributed by atoms with E-state index in [-0.39, 0.29) is 0 Å². The maximum absolute atomic E-state index is 10.1. The molecule has 0 atom stereocenters. The van der Waals surface area contributed by atoms with Crippen LogP contribution in [0.15, 0.2) is 29.9 Å². The third-order valence-corrected chi connectivity index (χ3v) is 3.76. The first-order chi connectivity index (χ1) is 10.7. The lowest BCUT2D eigenvalue weighted by Gasteiger charge is -2.10. The number of benzene rings is 1. The molecule has 1 aromatic rings.